The molecule has 0 saturated heterocycles. The Kier molecular flexibility index (Phi) is 7.24. The van der Waals surface area contributed by atoms with Crippen LogP contribution in [0.25, 0.3) is 0 Å². The predicted octanol–water partition coefficient (Wildman–Crippen LogP) is 3.98. The van der Waals surface area contributed by atoms with E-state index >= 15 is 0 Å². The van der Waals surface area contributed by atoms with Crippen LogP contribution in [0.1, 0.15) is 46.6 Å². The van der Waals surface area contributed by atoms with Crippen molar-refractivity contribution >= 4 is 11.6 Å². The molecule has 0 aromatic heterocycles. The third-order valence-electron chi connectivity index (χ3n) is 3.67. The lowest BCUT2D eigenvalue weighted by atomic mass is 9.93. The number of hydrogen-bond donors (Lipinski definition) is 1. The highest BCUT2D eigenvalue weighted by Crippen LogP contribution is 2.26. The fourth-order valence-electron chi connectivity index (χ4n) is 2.38. The minimum atomic E-state index is -0.937. The third-order valence-corrected chi connectivity index (χ3v) is 3.67. The van der Waals surface area contributed by atoms with Crippen LogP contribution in [0, 0.1) is 23.2 Å². The van der Waals surface area contributed by atoms with Crippen LogP contribution in [0.4, 0.5) is 5.69 Å². The summed E-state index contributed by atoms with van der Waals surface area (Å²) in [6.45, 7) is 10.5. The number of rotatable bonds is 8. The van der Waals surface area contributed by atoms with Crippen LogP contribution >= 0.6 is 0 Å². The van der Waals surface area contributed by atoms with Crippen molar-refractivity contribution in [1.82, 2.24) is 0 Å². The monoisotopic (exact) mass is 332 g/mol. The van der Waals surface area contributed by atoms with Gasteiger partial charge in [0.25, 0.3) is 5.91 Å². The molecule has 1 amide bonds. The molecule has 1 aromatic rings. The van der Waals surface area contributed by atoms with Crippen molar-refractivity contribution in [2.45, 2.75) is 46.6 Å². The number of nitrogens with zero attached hydrogens (tertiary/aromatic N) is 1. The first-order valence-electron chi connectivity index (χ1n) is 8.25. The van der Waals surface area contributed by atoms with E-state index in [9.17, 15) is 10.1 Å². The average molecular weight is 332 g/mol. The average Bonchev–Trinajstić information content (AvgIpc) is 2.52. The quantitative estimate of drug-likeness (QED) is 0.781. The number of nitrogens with one attached hydrogen (secondary N) is 1. The molecule has 5 nitrogen and oxygen atoms in total. The molecule has 0 spiro atoms. The Morgan fingerprint density at radius 3 is 2.46 bits per heavy atom. The number of benzene rings is 1. The van der Waals surface area contributed by atoms with Crippen LogP contribution < -0.4 is 10.1 Å². The Bertz CT molecular complexity index is 605. The standard InChI is InChI=1S/C19H28N2O3/c1-13(2)10-19(5,23-6)18(22)21-17-8-7-16(9-15(17)11-20)24-12-14(3)4/h7-9,13-14H,10,12H2,1-6H3,(H,21,22). The Labute approximate surface area is 145 Å². The highest BCUT2D eigenvalue weighted by Gasteiger charge is 2.34. The topological polar surface area (TPSA) is 71.3 Å². The summed E-state index contributed by atoms with van der Waals surface area (Å²) >= 11 is 0. The predicted molar refractivity (Wildman–Crippen MR) is 95.0 cm³/mol. The first-order chi connectivity index (χ1) is 11.2. The van der Waals surface area contributed by atoms with Crippen molar-refractivity contribution in [1.29, 1.82) is 5.26 Å². The van der Waals surface area contributed by atoms with Crippen LogP contribution in [0.2, 0.25) is 0 Å². The molecule has 0 aliphatic rings. The van der Waals surface area contributed by atoms with Gasteiger partial charge in [-0.2, -0.15) is 5.26 Å². The van der Waals surface area contributed by atoms with Gasteiger partial charge in [-0.05, 0) is 43.4 Å². The second kappa shape index (κ2) is 8.70. The van der Waals surface area contributed by atoms with E-state index in [1.54, 1.807) is 25.1 Å². The van der Waals surface area contributed by atoms with Crippen molar-refractivity contribution in [3.05, 3.63) is 23.8 Å². The summed E-state index contributed by atoms with van der Waals surface area (Å²) in [7, 11) is 1.52. The van der Waals surface area contributed by atoms with E-state index in [0.717, 1.165) is 0 Å². The molecule has 0 aliphatic heterocycles. The molecule has 0 fully saturated rings. The maximum atomic E-state index is 12.6. The smallest absolute Gasteiger partial charge is 0.256 e. The minimum Gasteiger partial charge on any atom is -0.493 e. The van der Waals surface area contributed by atoms with Gasteiger partial charge in [-0.25, -0.2) is 0 Å². The lowest BCUT2D eigenvalue weighted by Gasteiger charge is -2.28. The van der Waals surface area contributed by atoms with Gasteiger partial charge in [0.2, 0.25) is 0 Å². The molecule has 5 heteroatoms. The number of anilines is 1. The molecular formula is C19H28N2O3. The molecule has 132 valence electrons. The highest BCUT2D eigenvalue weighted by atomic mass is 16.5. The van der Waals surface area contributed by atoms with Gasteiger partial charge in [0.15, 0.2) is 0 Å². The second-order valence-corrected chi connectivity index (χ2v) is 7.01. The van der Waals surface area contributed by atoms with Gasteiger partial charge in [-0.1, -0.05) is 27.7 Å². The summed E-state index contributed by atoms with van der Waals surface area (Å²) in [5.41, 5.74) is -0.104. The van der Waals surface area contributed by atoms with Gasteiger partial charge in [0, 0.05) is 7.11 Å². The largest absolute Gasteiger partial charge is 0.493 e. The third kappa shape index (κ3) is 5.54. The van der Waals surface area contributed by atoms with E-state index < -0.39 is 5.60 Å². The van der Waals surface area contributed by atoms with Crippen LogP contribution in [-0.4, -0.2) is 25.2 Å². The summed E-state index contributed by atoms with van der Waals surface area (Å²) in [4.78, 5) is 12.6. The zero-order valence-corrected chi connectivity index (χ0v) is 15.5. The molecule has 0 aliphatic carbocycles. The van der Waals surface area contributed by atoms with Crippen LogP contribution in [0.5, 0.6) is 5.75 Å². The van der Waals surface area contributed by atoms with E-state index in [-0.39, 0.29) is 5.91 Å². The number of nitriles is 1. The fraction of sp³-hybridized carbons (Fsp3) is 0.579. The van der Waals surface area contributed by atoms with E-state index in [4.69, 9.17) is 9.47 Å². The second-order valence-electron chi connectivity index (χ2n) is 7.01. The molecule has 1 aromatic carbocycles. The first-order valence-corrected chi connectivity index (χ1v) is 8.25. The van der Waals surface area contributed by atoms with Gasteiger partial charge in [0.1, 0.15) is 17.4 Å². The summed E-state index contributed by atoms with van der Waals surface area (Å²) in [6, 6.07) is 7.19. The zero-order valence-electron chi connectivity index (χ0n) is 15.5. The molecule has 0 bridgehead atoms. The van der Waals surface area contributed by atoms with Crippen molar-refractivity contribution < 1.29 is 14.3 Å². The summed E-state index contributed by atoms with van der Waals surface area (Å²) < 4.78 is 11.0. The molecule has 0 saturated carbocycles. The Hall–Kier alpha value is -2.06. The molecular weight excluding hydrogens is 304 g/mol. The number of carbonyl (C=O) groups excluding carboxylic acids is 1. The first kappa shape index (κ1) is 20.0. The molecule has 1 unspecified atom stereocenters. The van der Waals surface area contributed by atoms with Crippen molar-refractivity contribution in [3.63, 3.8) is 0 Å². The highest BCUT2D eigenvalue weighted by molar-refractivity contribution is 5.98. The lowest BCUT2D eigenvalue weighted by molar-refractivity contribution is -0.137. The zero-order chi connectivity index (χ0) is 18.3. The van der Waals surface area contributed by atoms with Gasteiger partial charge in [-0.3, -0.25) is 4.79 Å². The van der Waals surface area contributed by atoms with E-state index in [1.165, 1.54) is 7.11 Å². The van der Waals surface area contributed by atoms with Gasteiger partial charge < -0.3 is 14.8 Å². The Balaban J connectivity index is 2.94. The van der Waals surface area contributed by atoms with Gasteiger partial charge in [-0.15, -0.1) is 0 Å². The number of methoxy groups -OCH3 is 1. The fourth-order valence-corrected chi connectivity index (χ4v) is 2.38. The SMILES string of the molecule is COC(C)(CC(C)C)C(=O)Nc1ccc(OCC(C)C)cc1C#N. The molecule has 1 N–H and O–H groups in total. The van der Waals surface area contributed by atoms with Crippen LogP contribution in [-0.2, 0) is 9.53 Å². The van der Waals surface area contributed by atoms with Crippen molar-refractivity contribution in [2.24, 2.45) is 11.8 Å². The van der Waals surface area contributed by atoms with Crippen molar-refractivity contribution in [3.8, 4) is 11.8 Å². The molecule has 0 heterocycles. The summed E-state index contributed by atoms with van der Waals surface area (Å²) in [5.74, 6) is 1.07. The number of carbonyl (C=O) groups is 1. The van der Waals surface area contributed by atoms with Gasteiger partial charge in [0.05, 0.1) is 17.9 Å². The van der Waals surface area contributed by atoms with E-state index in [2.05, 4.69) is 25.2 Å². The number of hydrogen-bond acceptors (Lipinski definition) is 4. The number of amides is 1. The molecule has 1 atom stereocenters. The molecule has 24 heavy (non-hydrogen) atoms. The van der Waals surface area contributed by atoms with E-state index in [0.29, 0.717) is 41.9 Å². The van der Waals surface area contributed by atoms with E-state index in [1.807, 2.05) is 13.8 Å². The maximum absolute atomic E-state index is 12.6. The van der Waals surface area contributed by atoms with Crippen LogP contribution in [0.15, 0.2) is 18.2 Å². The number of ether oxygens (including phenoxy) is 2. The lowest BCUT2D eigenvalue weighted by Crippen LogP contribution is -2.43. The minimum absolute atomic E-state index is 0.258. The van der Waals surface area contributed by atoms with Crippen molar-refractivity contribution in [2.75, 3.05) is 19.0 Å². The molecule has 0 radical (unpaired) electrons. The molecule has 1 rings (SSSR count). The normalized spacial score (nSPS) is 13.5. The van der Waals surface area contributed by atoms with Gasteiger partial charge >= 0.3 is 0 Å². The maximum Gasteiger partial charge on any atom is 0.256 e. The summed E-state index contributed by atoms with van der Waals surface area (Å²) in [6.07, 6.45) is 0.590. The summed E-state index contributed by atoms with van der Waals surface area (Å²) in [5, 5.41) is 12.2. The van der Waals surface area contributed by atoms with Crippen LogP contribution in [0.3, 0.4) is 0 Å². The Morgan fingerprint density at radius 2 is 1.96 bits per heavy atom. The Morgan fingerprint density at radius 1 is 1.29 bits per heavy atom.